The second-order valence-corrected chi connectivity index (χ2v) is 15.5. The number of rotatable bonds is 38. The molecule has 8 nitrogen and oxygen atoms in total. The van der Waals surface area contributed by atoms with E-state index in [-0.39, 0.29) is 49.1 Å². The van der Waals surface area contributed by atoms with E-state index in [2.05, 4.69) is 135 Å². The minimum absolute atomic E-state index is 0.0204. The van der Waals surface area contributed by atoms with Crippen LogP contribution in [0.3, 0.4) is 0 Å². The Morgan fingerprint density at radius 3 is 1.32 bits per heavy atom. The third-order valence-corrected chi connectivity index (χ3v) is 9.11. The van der Waals surface area contributed by atoms with E-state index in [0.29, 0.717) is 19.3 Å². The van der Waals surface area contributed by atoms with Gasteiger partial charge < -0.3 is 23.8 Å². The first kappa shape index (κ1) is 55.7. The standard InChI is InChI=1S/C52H81NO7/c1-6-8-10-12-14-16-18-20-22-24-25-27-29-31-33-35-37-39-41-43-51(55)60-48(46-58-45-44-49(52(56)57)53(3,4)5)47-59-50(54)42-40-38-36-34-32-30-28-26-23-21-19-17-15-13-11-9-7-2/h8-11,14-17,20-23,25,27-28,30-31,33-34,36,48-49H,6-7,12-13,18-19,24,26,29,32,35,37-47H2,1-5H3/p+1/b10-8+,11-9+,16-14+,17-15+,22-20+,23-21+,27-25+,30-28+,33-31+,36-34+. The Kier molecular flexibility index (Phi) is 38.5. The van der Waals surface area contributed by atoms with Crippen LogP contribution in [-0.2, 0) is 28.6 Å². The van der Waals surface area contributed by atoms with Crippen molar-refractivity contribution in [3.05, 3.63) is 122 Å². The number of carbonyl (C=O) groups is 3. The van der Waals surface area contributed by atoms with E-state index in [4.69, 9.17) is 14.2 Å². The summed E-state index contributed by atoms with van der Waals surface area (Å²) < 4.78 is 17.2. The average molecular weight is 833 g/mol. The van der Waals surface area contributed by atoms with Crippen molar-refractivity contribution < 1.29 is 38.2 Å². The van der Waals surface area contributed by atoms with Crippen molar-refractivity contribution >= 4 is 17.9 Å². The predicted molar refractivity (Wildman–Crippen MR) is 252 cm³/mol. The molecule has 1 N–H and O–H groups in total. The molecule has 0 fully saturated rings. The van der Waals surface area contributed by atoms with Gasteiger partial charge in [0.15, 0.2) is 12.1 Å². The Bertz CT molecular complexity index is 1390. The van der Waals surface area contributed by atoms with Crippen LogP contribution in [0.1, 0.15) is 136 Å². The molecule has 0 aromatic heterocycles. The summed E-state index contributed by atoms with van der Waals surface area (Å²) in [5.41, 5.74) is 0. The second-order valence-electron chi connectivity index (χ2n) is 15.5. The van der Waals surface area contributed by atoms with Gasteiger partial charge in [-0.2, -0.15) is 0 Å². The highest BCUT2D eigenvalue weighted by Crippen LogP contribution is 2.11. The summed E-state index contributed by atoms with van der Waals surface area (Å²) in [6.07, 6.45) is 58.2. The van der Waals surface area contributed by atoms with E-state index in [1.165, 1.54) is 0 Å². The number of unbranched alkanes of at least 4 members (excludes halogenated alkanes) is 4. The number of aliphatic carboxylic acids is 1. The van der Waals surface area contributed by atoms with Crippen LogP contribution in [0.2, 0.25) is 0 Å². The summed E-state index contributed by atoms with van der Waals surface area (Å²) in [7, 11) is 5.48. The molecule has 0 radical (unpaired) electrons. The first-order valence-corrected chi connectivity index (χ1v) is 22.6. The smallest absolute Gasteiger partial charge is 0.362 e. The predicted octanol–water partition coefficient (Wildman–Crippen LogP) is 12.6. The van der Waals surface area contributed by atoms with E-state index in [0.717, 1.165) is 89.9 Å². The molecule has 8 heteroatoms. The molecule has 0 aliphatic carbocycles. The van der Waals surface area contributed by atoms with Crippen molar-refractivity contribution in [1.82, 2.24) is 0 Å². The van der Waals surface area contributed by atoms with E-state index in [1.54, 1.807) is 0 Å². The summed E-state index contributed by atoms with van der Waals surface area (Å²) in [4.78, 5) is 37.0. The van der Waals surface area contributed by atoms with Gasteiger partial charge in [-0.05, 0) is 96.3 Å². The van der Waals surface area contributed by atoms with Gasteiger partial charge in [0.25, 0.3) is 0 Å². The molecule has 336 valence electrons. The fourth-order valence-corrected chi connectivity index (χ4v) is 5.68. The molecule has 0 aromatic carbocycles. The van der Waals surface area contributed by atoms with Gasteiger partial charge >= 0.3 is 17.9 Å². The lowest BCUT2D eigenvalue weighted by molar-refractivity contribution is -0.887. The van der Waals surface area contributed by atoms with Gasteiger partial charge in [-0.15, -0.1) is 0 Å². The molecule has 0 rings (SSSR count). The Morgan fingerprint density at radius 2 is 0.900 bits per heavy atom. The molecular formula is C52H82NO7+. The van der Waals surface area contributed by atoms with Gasteiger partial charge in [-0.25, -0.2) is 4.79 Å². The number of carboxylic acid groups (broad SMARTS) is 1. The first-order chi connectivity index (χ1) is 29.1. The minimum atomic E-state index is -0.895. The number of carboxylic acids is 1. The fourth-order valence-electron chi connectivity index (χ4n) is 5.68. The maximum Gasteiger partial charge on any atom is 0.362 e. The molecule has 0 amide bonds. The molecule has 0 aliphatic rings. The van der Waals surface area contributed by atoms with Crippen LogP contribution in [0.4, 0.5) is 0 Å². The lowest BCUT2D eigenvalue weighted by Crippen LogP contribution is -2.50. The zero-order chi connectivity index (χ0) is 44.2. The summed E-state index contributed by atoms with van der Waals surface area (Å²) >= 11 is 0. The maximum atomic E-state index is 12.7. The third-order valence-electron chi connectivity index (χ3n) is 9.11. The zero-order valence-corrected chi connectivity index (χ0v) is 38.1. The van der Waals surface area contributed by atoms with Crippen LogP contribution in [0.15, 0.2) is 122 Å². The van der Waals surface area contributed by atoms with E-state index in [9.17, 15) is 19.5 Å². The first-order valence-electron chi connectivity index (χ1n) is 22.6. The van der Waals surface area contributed by atoms with Crippen molar-refractivity contribution in [3.63, 3.8) is 0 Å². The third kappa shape index (κ3) is 39.2. The highest BCUT2D eigenvalue weighted by Gasteiger charge is 2.31. The van der Waals surface area contributed by atoms with Crippen molar-refractivity contribution in [2.24, 2.45) is 0 Å². The number of nitrogens with zero attached hydrogens (tertiary/aromatic N) is 1. The van der Waals surface area contributed by atoms with Gasteiger partial charge in [0, 0.05) is 19.3 Å². The van der Waals surface area contributed by atoms with E-state index < -0.39 is 18.1 Å². The highest BCUT2D eigenvalue weighted by atomic mass is 16.6. The van der Waals surface area contributed by atoms with Gasteiger partial charge in [-0.3, -0.25) is 9.59 Å². The number of likely N-dealkylation sites (N-methyl/N-ethyl adjacent to an activating group) is 1. The van der Waals surface area contributed by atoms with Crippen LogP contribution >= 0.6 is 0 Å². The molecule has 0 aliphatic heterocycles. The summed E-state index contributed by atoms with van der Waals surface area (Å²) in [5.74, 6) is -1.61. The van der Waals surface area contributed by atoms with Crippen LogP contribution in [0.25, 0.3) is 0 Å². The summed E-state index contributed by atoms with van der Waals surface area (Å²) in [6, 6.07) is -0.638. The normalized spacial score (nSPS) is 14.1. The Labute approximate surface area is 365 Å². The number of allylic oxidation sites excluding steroid dienone is 20. The minimum Gasteiger partial charge on any atom is -0.477 e. The van der Waals surface area contributed by atoms with Gasteiger partial charge in [0.2, 0.25) is 0 Å². The molecule has 0 aromatic rings. The number of hydrogen-bond acceptors (Lipinski definition) is 6. The quantitative estimate of drug-likeness (QED) is 0.0286. The lowest BCUT2D eigenvalue weighted by Gasteiger charge is -2.31. The molecule has 0 heterocycles. The van der Waals surface area contributed by atoms with Crippen molar-refractivity contribution in [2.45, 2.75) is 148 Å². The molecule has 2 atom stereocenters. The highest BCUT2D eigenvalue weighted by molar-refractivity contribution is 5.72. The molecule has 60 heavy (non-hydrogen) atoms. The van der Waals surface area contributed by atoms with Gasteiger partial charge in [0.05, 0.1) is 34.4 Å². The zero-order valence-electron chi connectivity index (χ0n) is 38.1. The average Bonchev–Trinajstić information content (AvgIpc) is 3.21. The Hall–Kier alpha value is -4.27. The number of carbonyl (C=O) groups excluding carboxylic acids is 2. The number of hydrogen-bond donors (Lipinski definition) is 1. The number of quaternary nitrogens is 1. The van der Waals surface area contributed by atoms with Crippen molar-refractivity contribution in [3.8, 4) is 0 Å². The maximum absolute atomic E-state index is 12.7. The molecule has 0 saturated carbocycles. The molecule has 0 spiro atoms. The van der Waals surface area contributed by atoms with Crippen LogP contribution in [0, 0.1) is 0 Å². The molecule has 0 bridgehead atoms. The van der Waals surface area contributed by atoms with Gasteiger partial charge in [-0.1, -0.05) is 142 Å². The number of ether oxygens (including phenoxy) is 3. The van der Waals surface area contributed by atoms with Gasteiger partial charge in [0.1, 0.15) is 6.61 Å². The van der Waals surface area contributed by atoms with Crippen LogP contribution in [-0.4, -0.2) is 80.6 Å². The van der Waals surface area contributed by atoms with E-state index in [1.807, 2.05) is 21.1 Å². The monoisotopic (exact) mass is 833 g/mol. The topological polar surface area (TPSA) is 99.1 Å². The van der Waals surface area contributed by atoms with Crippen LogP contribution < -0.4 is 0 Å². The fraction of sp³-hybridized carbons (Fsp3) is 0.558. The molecule has 0 saturated heterocycles. The summed E-state index contributed by atoms with van der Waals surface area (Å²) in [6.45, 7) is 4.38. The van der Waals surface area contributed by atoms with Crippen molar-refractivity contribution in [2.75, 3.05) is 41.0 Å². The Balaban J connectivity index is 4.52. The second kappa shape index (κ2) is 41.5. The van der Waals surface area contributed by atoms with Crippen LogP contribution in [0.5, 0.6) is 0 Å². The molecule has 2 unspecified atom stereocenters. The Morgan fingerprint density at radius 1 is 0.500 bits per heavy atom. The van der Waals surface area contributed by atoms with E-state index >= 15 is 0 Å². The van der Waals surface area contributed by atoms with Crippen molar-refractivity contribution in [1.29, 1.82) is 0 Å². The SMILES string of the molecule is CC/C=C/C/C=C/C/C=C/C/C=C/C/C=C/CCCCCC(=O)OC(COCCC(C(=O)O)[N+](C)(C)C)COC(=O)CCC/C=C/C/C=C/C/C=C/C/C=C/C/C=C/CC. The lowest BCUT2D eigenvalue weighted by atomic mass is 10.1. The summed E-state index contributed by atoms with van der Waals surface area (Å²) in [5, 5.41) is 9.63. The largest absolute Gasteiger partial charge is 0.477 e. The molecular weight excluding hydrogens is 751 g/mol. The number of esters is 2.